The van der Waals surface area contributed by atoms with E-state index >= 15 is 0 Å². The van der Waals surface area contributed by atoms with Gasteiger partial charge < -0.3 is 29.0 Å². The van der Waals surface area contributed by atoms with Gasteiger partial charge in [-0.25, -0.2) is 10.1 Å². The molecule has 3 N–H and O–H groups in total. The second-order valence-corrected chi connectivity index (χ2v) is 11.5. The van der Waals surface area contributed by atoms with E-state index in [0.717, 1.165) is 30.0 Å². The number of benzene rings is 2. The normalized spacial score (nSPS) is 20.0. The zero-order valence-electron chi connectivity index (χ0n) is 24.2. The van der Waals surface area contributed by atoms with Crippen molar-refractivity contribution in [2.45, 2.75) is 58.4 Å². The number of aromatic nitrogens is 4. The van der Waals surface area contributed by atoms with Crippen molar-refractivity contribution in [2.24, 2.45) is 5.92 Å². The molecule has 0 aliphatic carbocycles. The molecule has 1 saturated heterocycles. The molecule has 42 heavy (non-hydrogen) atoms. The van der Waals surface area contributed by atoms with E-state index in [2.05, 4.69) is 27.0 Å². The Hall–Kier alpha value is -3.57. The molecule has 4 aromatic rings. The van der Waals surface area contributed by atoms with Crippen molar-refractivity contribution in [3.63, 3.8) is 0 Å². The van der Waals surface area contributed by atoms with Gasteiger partial charge in [-0.3, -0.25) is 9.36 Å². The van der Waals surface area contributed by atoms with Crippen LogP contribution in [0.1, 0.15) is 46.3 Å². The molecule has 224 valence electrons. The topological polar surface area (TPSA) is 145 Å². The second-order valence-electron chi connectivity index (χ2n) is 10.3. The molecule has 5 rings (SSSR count). The highest BCUT2D eigenvalue weighted by Gasteiger charge is 2.36. The first kappa shape index (κ1) is 29.9. The molecule has 2 aromatic carbocycles. The predicted octanol–water partition coefficient (Wildman–Crippen LogP) is 5.14. The van der Waals surface area contributed by atoms with E-state index in [1.165, 1.54) is 7.11 Å². The lowest BCUT2D eigenvalue weighted by molar-refractivity contribution is -0.145. The van der Waals surface area contributed by atoms with Crippen molar-refractivity contribution in [1.82, 2.24) is 24.6 Å². The number of imidazole rings is 1. The number of nitrogens with one attached hydrogen (secondary N) is 1. The molecule has 3 heterocycles. The molecule has 0 bridgehead atoms. The van der Waals surface area contributed by atoms with Gasteiger partial charge in [-0.2, -0.15) is 9.97 Å². The van der Waals surface area contributed by atoms with E-state index in [0.29, 0.717) is 29.4 Å². The van der Waals surface area contributed by atoms with E-state index in [1.54, 1.807) is 13.3 Å². The lowest BCUT2D eigenvalue weighted by Crippen LogP contribution is -2.34. The molecule has 0 amide bonds. The Labute approximate surface area is 245 Å². The Morgan fingerprint density at radius 3 is 2.86 bits per heavy atom. The fourth-order valence-corrected chi connectivity index (χ4v) is 6.10. The molecular weight excluding hydrogens is 559 g/mol. The van der Waals surface area contributed by atoms with Crippen LogP contribution in [0.25, 0.3) is 21.9 Å². The number of anilines is 1. The lowest BCUT2D eigenvalue weighted by atomic mass is 10.1. The van der Waals surface area contributed by atoms with Gasteiger partial charge in [-0.15, -0.1) is 0 Å². The quantitative estimate of drug-likeness (QED) is 0.120. The minimum Gasteiger partial charge on any atom is -0.479 e. The largest absolute Gasteiger partial charge is 0.479 e. The summed E-state index contributed by atoms with van der Waals surface area (Å²) in [5, 5.41) is 5.20. The first-order valence-corrected chi connectivity index (χ1v) is 15.3. The Bertz CT molecular complexity index is 1510. The molecule has 0 saturated carbocycles. The monoisotopic (exact) mass is 596 g/mol. The average molecular weight is 597 g/mol. The van der Waals surface area contributed by atoms with Gasteiger partial charge in [0.25, 0.3) is 0 Å². The van der Waals surface area contributed by atoms with Crippen molar-refractivity contribution in [3.05, 3.63) is 48.8 Å². The fourth-order valence-electron chi connectivity index (χ4n) is 4.86. The number of hydrogen-bond donors (Lipinski definition) is 2. The van der Waals surface area contributed by atoms with Crippen molar-refractivity contribution >= 4 is 42.4 Å². The van der Waals surface area contributed by atoms with Crippen molar-refractivity contribution in [2.75, 3.05) is 26.1 Å². The molecule has 0 radical (unpaired) electrons. The minimum absolute atomic E-state index is 0.0938. The van der Waals surface area contributed by atoms with Crippen molar-refractivity contribution < 1.29 is 28.1 Å². The van der Waals surface area contributed by atoms with Crippen LogP contribution in [-0.4, -0.2) is 58.0 Å². The number of rotatable bonds is 13. The van der Waals surface area contributed by atoms with E-state index in [-0.39, 0.29) is 36.8 Å². The number of fused-ring (bicyclic) bond motifs is 2. The van der Waals surface area contributed by atoms with Gasteiger partial charge >= 0.3 is 14.5 Å². The number of nitrogen functional groups attached to an aromatic ring is 1. The average Bonchev–Trinajstić information content (AvgIpc) is 3.58. The van der Waals surface area contributed by atoms with Crippen molar-refractivity contribution in [1.29, 1.82) is 0 Å². The van der Waals surface area contributed by atoms with Gasteiger partial charge in [0.1, 0.15) is 18.0 Å². The van der Waals surface area contributed by atoms with Crippen LogP contribution >= 0.6 is 8.53 Å². The van der Waals surface area contributed by atoms with Crippen LogP contribution in [-0.2, 0) is 18.8 Å². The van der Waals surface area contributed by atoms with Gasteiger partial charge in [-0.05, 0) is 31.2 Å². The van der Waals surface area contributed by atoms with Crippen LogP contribution in [0.4, 0.5) is 5.95 Å². The third kappa shape index (κ3) is 6.73. The first-order chi connectivity index (χ1) is 20.4. The minimum atomic E-state index is -1.73. The Balaban J connectivity index is 1.30. The lowest BCUT2D eigenvalue weighted by Gasteiger charge is -2.24. The highest BCUT2D eigenvalue weighted by Crippen LogP contribution is 2.42. The van der Waals surface area contributed by atoms with Gasteiger partial charge in [0.2, 0.25) is 11.8 Å². The van der Waals surface area contributed by atoms with Gasteiger partial charge in [0.05, 0.1) is 32.8 Å². The van der Waals surface area contributed by atoms with Crippen molar-refractivity contribution in [3.8, 4) is 11.6 Å². The summed E-state index contributed by atoms with van der Waals surface area (Å²) in [5.41, 5.74) is 6.96. The molecule has 12 nitrogen and oxygen atoms in total. The summed E-state index contributed by atoms with van der Waals surface area (Å²) >= 11 is 0. The van der Waals surface area contributed by atoms with E-state index < -0.39 is 14.6 Å². The van der Waals surface area contributed by atoms with Gasteiger partial charge in [-0.1, -0.05) is 56.7 Å². The highest BCUT2D eigenvalue weighted by atomic mass is 31.2. The van der Waals surface area contributed by atoms with Crippen LogP contribution in [0.5, 0.6) is 11.6 Å². The molecule has 1 fully saturated rings. The summed E-state index contributed by atoms with van der Waals surface area (Å²) in [4.78, 5) is 25.5. The van der Waals surface area contributed by atoms with Crippen LogP contribution in [0.15, 0.2) is 48.8 Å². The number of carbonyl (C=O) groups excluding carboxylic acids is 1. The maximum atomic E-state index is 12.6. The summed E-state index contributed by atoms with van der Waals surface area (Å²) < 4.78 is 31.7. The molecule has 2 aromatic heterocycles. The van der Waals surface area contributed by atoms with Gasteiger partial charge in [0, 0.05) is 11.3 Å². The third-order valence-electron chi connectivity index (χ3n) is 7.03. The summed E-state index contributed by atoms with van der Waals surface area (Å²) in [6, 6.07) is 13.2. The summed E-state index contributed by atoms with van der Waals surface area (Å²) in [7, 11) is -0.219. The summed E-state index contributed by atoms with van der Waals surface area (Å²) in [6.07, 6.45) is 3.57. The molecular formula is C29H37N6O6P. The summed E-state index contributed by atoms with van der Waals surface area (Å²) in [6.45, 7) is 6.52. The third-order valence-corrected chi connectivity index (χ3v) is 8.38. The van der Waals surface area contributed by atoms with Crippen LogP contribution in [0.3, 0.4) is 0 Å². The Morgan fingerprint density at radius 1 is 1.24 bits per heavy atom. The van der Waals surface area contributed by atoms with Crippen LogP contribution in [0.2, 0.25) is 0 Å². The number of ether oxygens (including phenoxy) is 3. The zero-order valence-corrected chi connectivity index (χ0v) is 25.1. The number of esters is 1. The standard InChI is InChI=1S/C29H37N6O6P/c1-5-6-14-38-28(36)19(3)34-42(41-23-13-9-11-20-10-7-8-12-22(20)23)39-16-21-15-18(2)27(40-21)35-17-31-24-25(35)32-29(30)33-26(24)37-4/h7-13,17-19,21,27,34H,5-6,14-16H2,1-4H3,(H2,30,32,33). The zero-order chi connectivity index (χ0) is 29.6. The number of methoxy groups -OCH3 is 1. The van der Waals surface area contributed by atoms with E-state index in [4.69, 9.17) is 29.0 Å². The number of nitrogens with zero attached hydrogens (tertiary/aromatic N) is 4. The second kappa shape index (κ2) is 13.6. The molecule has 1 aliphatic rings. The highest BCUT2D eigenvalue weighted by molar-refractivity contribution is 7.45. The number of unbranched alkanes of at least 4 members (excludes halogenated alkanes) is 1. The number of nitrogens with two attached hydrogens (primary N) is 1. The molecule has 0 spiro atoms. The van der Waals surface area contributed by atoms with Crippen LogP contribution < -0.4 is 20.1 Å². The fraction of sp³-hybridized carbons (Fsp3) is 0.448. The van der Waals surface area contributed by atoms with E-state index in [9.17, 15) is 4.79 Å². The maximum Gasteiger partial charge on any atom is 0.323 e. The van der Waals surface area contributed by atoms with E-state index in [1.807, 2.05) is 54.0 Å². The Kier molecular flexibility index (Phi) is 9.69. The SMILES string of the molecule is CCCCOC(=O)C(C)NP(OCC1CC(C)C(n2cnc3c(OC)nc(N)nc32)O1)Oc1cccc2ccccc12. The van der Waals surface area contributed by atoms with Gasteiger partial charge in [0.15, 0.2) is 11.2 Å². The number of hydrogen-bond acceptors (Lipinski definition) is 11. The maximum absolute atomic E-state index is 12.6. The van der Waals surface area contributed by atoms with Crippen LogP contribution in [0, 0.1) is 5.92 Å². The smallest absolute Gasteiger partial charge is 0.323 e. The molecule has 1 aliphatic heterocycles. The molecule has 13 heteroatoms. The number of carbonyl (C=O) groups is 1. The molecule has 5 atom stereocenters. The first-order valence-electron chi connectivity index (χ1n) is 14.1. The predicted molar refractivity (Wildman–Crippen MR) is 160 cm³/mol. The summed E-state index contributed by atoms with van der Waals surface area (Å²) in [5.74, 6) is 0.843. The molecule has 5 unspecified atom stereocenters. The Morgan fingerprint density at radius 2 is 2.05 bits per heavy atom.